The maximum Gasteiger partial charge on any atom is 0.338 e. The summed E-state index contributed by atoms with van der Waals surface area (Å²) < 4.78 is 15.3. The van der Waals surface area contributed by atoms with Gasteiger partial charge in [0.15, 0.2) is 6.10 Å². The molecule has 0 N–H and O–H groups in total. The second-order valence-electron chi connectivity index (χ2n) is 3.84. The smallest absolute Gasteiger partial charge is 0.338 e. The van der Waals surface area contributed by atoms with Crippen LogP contribution < -0.4 is 0 Å². The Bertz CT molecular complexity index is 192. The van der Waals surface area contributed by atoms with Gasteiger partial charge in [-0.15, -0.1) is 0 Å². The van der Waals surface area contributed by atoms with Gasteiger partial charge in [0.05, 0.1) is 6.61 Å². The Morgan fingerprint density at radius 3 is 2.64 bits per heavy atom. The molecule has 2 rings (SSSR count). The molecular weight excluding hydrogens is 184 g/mol. The second-order valence-corrected chi connectivity index (χ2v) is 3.84. The van der Waals surface area contributed by atoms with Crippen LogP contribution in [0.15, 0.2) is 0 Å². The third-order valence-electron chi connectivity index (χ3n) is 2.72. The first-order valence-electron chi connectivity index (χ1n) is 5.26. The summed E-state index contributed by atoms with van der Waals surface area (Å²) in [5.41, 5.74) is 0. The molecule has 1 saturated carbocycles. The Labute approximate surface area is 83.5 Å². The van der Waals surface area contributed by atoms with Crippen molar-refractivity contribution in [2.24, 2.45) is 0 Å². The van der Waals surface area contributed by atoms with Crippen molar-refractivity contribution in [3.05, 3.63) is 0 Å². The highest BCUT2D eigenvalue weighted by atomic mass is 16.7. The summed E-state index contributed by atoms with van der Waals surface area (Å²) in [6.07, 6.45) is 5.22. The molecule has 80 valence electrons. The van der Waals surface area contributed by atoms with Crippen molar-refractivity contribution in [1.29, 1.82) is 0 Å². The lowest BCUT2D eigenvalue weighted by atomic mass is 9.98. The van der Waals surface area contributed by atoms with Crippen molar-refractivity contribution in [3.63, 3.8) is 0 Å². The molecule has 2 fully saturated rings. The molecule has 1 heterocycles. The number of rotatable bonds is 2. The molecule has 0 bridgehead atoms. The zero-order valence-corrected chi connectivity index (χ0v) is 8.24. The molecular formula is C10H16O4. The summed E-state index contributed by atoms with van der Waals surface area (Å²) in [7, 11) is 0. The average Bonchev–Trinajstić information content (AvgIpc) is 2.72. The predicted molar refractivity (Wildman–Crippen MR) is 48.7 cm³/mol. The molecule has 0 amide bonds. The lowest BCUT2D eigenvalue weighted by molar-refractivity contribution is -0.160. The number of carbonyl (C=O) groups excluding carboxylic acids is 1. The maximum atomic E-state index is 11.5. The van der Waals surface area contributed by atoms with Gasteiger partial charge in [0.2, 0.25) is 0 Å². The molecule has 0 radical (unpaired) electrons. The van der Waals surface area contributed by atoms with Crippen LogP contribution in [0.4, 0.5) is 0 Å². The van der Waals surface area contributed by atoms with E-state index in [-0.39, 0.29) is 18.9 Å². The van der Waals surface area contributed by atoms with Crippen LogP contribution in [-0.4, -0.2) is 31.6 Å². The van der Waals surface area contributed by atoms with Gasteiger partial charge in [0.1, 0.15) is 12.9 Å². The highest BCUT2D eigenvalue weighted by molar-refractivity contribution is 5.75. The second kappa shape index (κ2) is 4.75. The number of carbonyl (C=O) groups is 1. The monoisotopic (exact) mass is 200 g/mol. The first-order chi connectivity index (χ1) is 6.86. The van der Waals surface area contributed by atoms with Gasteiger partial charge >= 0.3 is 5.97 Å². The van der Waals surface area contributed by atoms with Crippen molar-refractivity contribution < 1.29 is 19.0 Å². The topological polar surface area (TPSA) is 44.8 Å². The maximum absolute atomic E-state index is 11.5. The molecule has 1 saturated heterocycles. The van der Waals surface area contributed by atoms with Crippen LogP contribution in [0.3, 0.4) is 0 Å². The summed E-state index contributed by atoms with van der Waals surface area (Å²) in [5, 5.41) is 0. The van der Waals surface area contributed by atoms with E-state index in [1.54, 1.807) is 0 Å². The molecule has 4 heteroatoms. The average molecular weight is 200 g/mol. The minimum Gasteiger partial charge on any atom is -0.460 e. The van der Waals surface area contributed by atoms with E-state index in [1.807, 2.05) is 0 Å². The minimum atomic E-state index is -0.489. The fourth-order valence-electron chi connectivity index (χ4n) is 1.89. The van der Waals surface area contributed by atoms with Crippen LogP contribution in [0.2, 0.25) is 0 Å². The summed E-state index contributed by atoms with van der Waals surface area (Å²) in [6, 6.07) is 0. The zero-order valence-electron chi connectivity index (χ0n) is 8.24. The fourth-order valence-corrected chi connectivity index (χ4v) is 1.89. The van der Waals surface area contributed by atoms with Crippen molar-refractivity contribution in [2.45, 2.75) is 44.3 Å². The predicted octanol–water partition coefficient (Wildman–Crippen LogP) is 1.24. The van der Waals surface area contributed by atoms with E-state index < -0.39 is 6.10 Å². The van der Waals surface area contributed by atoms with Crippen LogP contribution in [0.25, 0.3) is 0 Å². The van der Waals surface area contributed by atoms with E-state index in [4.69, 9.17) is 14.2 Å². The van der Waals surface area contributed by atoms with Gasteiger partial charge in [0, 0.05) is 0 Å². The van der Waals surface area contributed by atoms with E-state index in [2.05, 4.69) is 0 Å². The number of esters is 1. The first kappa shape index (κ1) is 9.93. The number of hydrogen-bond donors (Lipinski definition) is 0. The quantitative estimate of drug-likeness (QED) is 0.629. The molecule has 0 aromatic carbocycles. The van der Waals surface area contributed by atoms with Gasteiger partial charge in [-0.05, 0) is 25.7 Å². The normalized spacial score (nSPS) is 29.0. The fraction of sp³-hybridized carbons (Fsp3) is 0.900. The van der Waals surface area contributed by atoms with Crippen LogP contribution in [0.1, 0.15) is 32.1 Å². The highest BCUT2D eigenvalue weighted by Gasteiger charge is 2.28. The van der Waals surface area contributed by atoms with Crippen LogP contribution >= 0.6 is 0 Å². The Morgan fingerprint density at radius 2 is 2.00 bits per heavy atom. The Balaban J connectivity index is 1.75. The van der Waals surface area contributed by atoms with Crippen LogP contribution in [0, 0.1) is 0 Å². The summed E-state index contributed by atoms with van der Waals surface area (Å²) in [6.45, 7) is 0.552. The third kappa shape index (κ3) is 2.45. The Hall–Kier alpha value is -0.610. The largest absolute Gasteiger partial charge is 0.460 e. The highest BCUT2D eigenvalue weighted by Crippen LogP contribution is 2.21. The molecule has 2 aliphatic rings. The Morgan fingerprint density at radius 1 is 1.21 bits per heavy atom. The van der Waals surface area contributed by atoms with E-state index in [0.29, 0.717) is 6.61 Å². The molecule has 1 unspecified atom stereocenters. The van der Waals surface area contributed by atoms with Crippen molar-refractivity contribution in [3.8, 4) is 0 Å². The molecule has 1 aliphatic heterocycles. The van der Waals surface area contributed by atoms with Gasteiger partial charge in [0.25, 0.3) is 0 Å². The molecule has 14 heavy (non-hydrogen) atoms. The van der Waals surface area contributed by atoms with Crippen molar-refractivity contribution >= 4 is 5.97 Å². The van der Waals surface area contributed by atoms with Crippen LogP contribution in [-0.2, 0) is 19.0 Å². The standard InChI is InChI=1S/C10H16O4/c11-10(9-6-12-7-13-9)14-8-4-2-1-3-5-8/h8-9H,1-7H2. The molecule has 4 nitrogen and oxygen atoms in total. The van der Waals surface area contributed by atoms with Gasteiger partial charge in [-0.25, -0.2) is 4.79 Å². The van der Waals surface area contributed by atoms with Crippen LogP contribution in [0.5, 0.6) is 0 Å². The van der Waals surface area contributed by atoms with E-state index in [9.17, 15) is 4.79 Å². The van der Waals surface area contributed by atoms with Gasteiger partial charge in [-0.1, -0.05) is 6.42 Å². The lowest BCUT2D eigenvalue weighted by Crippen LogP contribution is -2.30. The number of hydrogen-bond acceptors (Lipinski definition) is 4. The van der Waals surface area contributed by atoms with E-state index in [1.165, 1.54) is 19.3 Å². The zero-order chi connectivity index (χ0) is 9.80. The first-order valence-corrected chi connectivity index (χ1v) is 5.26. The lowest BCUT2D eigenvalue weighted by Gasteiger charge is -2.22. The minimum absolute atomic E-state index is 0.112. The van der Waals surface area contributed by atoms with Gasteiger partial charge < -0.3 is 14.2 Å². The number of ether oxygens (including phenoxy) is 3. The third-order valence-corrected chi connectivity index (χ3v) is 2.72. The Kier molecular flexibility index (Phi) is 3.37. The molecule has 0 aromatic heterocycles. The van der Waals surface area contributed by atoms with E-state index in [0.717, 1.165) is 12.8 Å². The van der Waals surface area contributed by atoms with Gasteiger partial charge in [-0.2, -0.15) is 0 Å². The summed E-state index contributed by atoms with van der Waals surface area (Å²) >= 11 is 0. The SMILES string of the molecule is O=C(OC1CCCCC1)C1COCO1. The van der Waals surface area contributed by atoms with Crippen molar-refractivity contribution in [1.82, 2.24) is 0 Å². The molecule has 0 aromatic rings. The molecule has 0 spiro atoms. The van der Waals surface area contributed by atoms with E-state index >= 15 is 0 Å². The van der Waals surface area contributed by atoms with Gasteiger partial charge in [-0.3, -0.25) is 0 Å². The summed E-state index contributed by atoms with van der Waals surface area (Å²) in [5.74, 6) is -0.255. The summed E-state index contributed by atoms with van der Waals surface area (Å²) in [4.78, 5) is 11.5. The molecule has 1 atom stereocenters. The molecule has 1 aliphatic carbocycles. The van der Waals surface area contributed by atoms with Crippen molar-refractivity contribution in [2.75, 3.05) is 13.4 Å².